The molecule has 1 aromatic rings. The summed E-state index contributed by atoms with van der Waals surface area (Å²) in [5.74, 6) is 2.97. The van der Waals surface area contributed by atoms with Crippen molar-refractivity contribution in [2.75, 3.05) is 18.0 Å². The van der Waals surface area contributed by atoms with Crippen molar-refractivity contribution in [3.8, 4) is 0 Å². The van der Waals surface area contributed by atoms with Crippen LogP contribution in [0.25, 0.3) is 0 Å². The zero-order chi connectivity index (χ0) is 15.7. The van der Waals surface area contributed by atoms with Gasteiger partial charge < -0.3 is 10.2 Å². The highest BCUT2D eigenvalue weighted by Gasteiger charge is 2.29. The molecule has 1 amide bonds. The smallest absolute Gasteiger partial charge is 0.223 e. The molecule has 0 radical (unpaired) electrons. The normalized spacial score (nSPS) is 19.5. The quantitative estimate of drug-likeness (QED) is 0.928. The molecule has 1 aliphatic heterocycles. The Hall–Kier alpha value is -1.65. The van der Waals surface area contributed by atoms with Gasteiger partial charge in [-0.2, -0.15) is 0 Å². The maximum Gasteiger partial charge on any atom is 0.223 e. The Labute approximate surface area is 132 Å². The molecule has 120 valence electrons. The van der Waals surface area contributed by atoms with E-state index in [0.29, 0.717) is 5.92 Å². The Bertz CT molecular complexity index is 546. The molecule has 0 bridgehead atoms. The molecule has 3 rings (SSSR count). The molecule has 1 aliphatic carbocycles. The van der Waals surface area contributed by atoms with Crippen molar-refractivity contribution >= 4 is 11.7 Å². The third kappa shape index (κ3) is 3.57. The van der Waals surface area contributed by atoms with Crippen molar-refractivity contribution in [2.45, 2.75) is 58.4 Å². The standard InChI is InChI=1S/C17H26N4O/c1-11(2)18-17(22)14-6-8-21(9-7-14)15-10-12(3)19-16(20-15)13-4-5-13/h10-11,13-14H,4-9H2,1-3H3,(H,18,22). The number of carbonyl (C=O) groups excluding carboxylic acids is 1. The maximum absolute atomic E-state index is 12.1. The summed E-state index contributed by atoms with van der Waals surface area (Å²) in [6.45, 7) is 7.86. The van der Waals surface area contributed by atoms with Crippen molar-refractivity contribution in [1.82, 2.24) is 15.3 Å². The van der Waals surface area contributed by atoms with Crippen LogP contribution in [0.2, 0.25) is 0 Å². The van der Waals surface area contributed by atoms with E-state index in [0.717, 1.165) is 43.3 Å². The molecule has 1 aromatic heterocycles. The number of hydrogen-bond acceptors (Lipinski definition) is 4. The number of nitrogens with zero attached hydrogens (tertiary/aromatic N) is 3. The van der Waals surface area contributed by atoms with Crippen LogP contribution in [-0.4, -0.2) is 35.0 Å². The number of hydrogen-bond donors (Lipinski definition) is 1. The Morgan fingerprint density at radius 3 is 2.50 bits per heavy atom. The first-order chi connectivity index (χ1) is 10.5. The minimum atomic E-state index is 0.143. The number of amides is 1. The number of piperidine rings is 1. The lowest BCUT2D eigenvalue weighted by atomic mass is 9.95. The molecule has 1 saturated carbocycles. The summed E-state index contributed by atoms with van der Waals surface area (Å²) < 4.78 is 0. The van der Waals surface area contributed by atoms with Crippen molar-refractivity contribution in [3.05, 3.63) is 17.6 Å². The molecular weight excluding hydrogens is 276 g/mol. The van der Waals surface area contributed by atoms with E-state index in [1.807, 2.05) is 20.8 Å². The van der Waals surface area contributed by atoms with Gasteiger partial charge in [0.25, 0.3) is 0 Å². The van der Waals surface area contributed by atoms with Crippen LogP contribution < -0.4 is 10.2 Å². The SMILES string of the molecule is Cc1cc(N2CCC(C(=O)NC(C)C)CC2)nc(C2CC2)n1. The predicted octanol–water partition coefficient (Wildman–Crippen LogP) is 2.40. The largest absolute Gasteiger partial charge is 0.356 e. The van der Waals surface area contributed by atoms with Crippen molar-refractivity contribution in [3.63, 3.8) is 0 Å². The summed E-state index contributed by atoms with van der Waals surface area (Å²) in [5.41, 5.74) is 1.05. The van der Waals surface area contributed by atoms with Crippen molar-refractivity contribution < 1.29 is 4.79 Å². The second-order valence-corrected chi connectivity index (χ2v) is 6.92. The molecule has 0 unspecified atom stereocenters. The zero-order valence-electron chi connectivity index (χ0n) is 13.8. The number of rotatable bonds is 4. The average Bonchev–Trinajstić information content (AvgIpc) is 3.30. The van der Waals surface area contributed by atoms with Gasteiger partial charge in [-0.25, -0.2) is 9.97 Å². The van der Waals surface area contributed by atoms with Crippen LogP contribution in [-0.2, 0) is 4.79 Å². The molecule has 1 saturated heterocycles. The summed E-state index contributed by atoms with van der Waals surface area (Å²) in [4.78, 5) is 23.7. The number of anilines is 1. The first-order valence-corrected chi connectivity index (χ1v) is 8.44. The second-order valence-electron chi connectivity index (χ2n) is 6.92. The summed E-state index contributed by atoms with van der Waals surface area (Å²) in [6, 6.07) is 2.29. The molecule has 0 aromatic carbocycles. The van der Waals surface area contributed by atoms with Crippen LogP contribution in [0.5, 0.6) is 0 Å². The van der Waals surface area contributed by atoms with E-state index < -0.39 is 0 Å². The van der Waals surface area contributed by atoms with E-state index in [2.05, 4.69) is 21.3 Å². The van der Waals surface area contributed by atoms with Gasteiger partial charge in [-0.3, -0.25) is 4.79 Å². The molecule has 0 spiro atoms. The molecule has 5 heteroatoms. The van der Waals surface area contributed by atoms with Gasteiger partial charge in [0.15, 0.2) is 0 Å². The van der Waals surface area contributed by atoms with Crippen molar-refractivity contribution in [1.29, 1.82) is 0 Å². The first-order valence-electron chi connectivity index (χ1n) is 8.44. The van der Waals surface area contributed by atoms with E-state index >= 15 is 0 Å². The minimum absolute atomic E-state index is 0.143. The topological polar surface area (TPSA) is 58.1 Å². The fraction of sp³-hybridized carbons (Fsp3) is 0.706. The monoisotopic (exact) mass is 302 g/mol. The summed E-state index contributed by atoms with van der Waals surface area (Å²) in [7, 11) is 0. The van der Waals surface area contributed by atoms with Crippen LogP contribution >= 0.6 is 0 Å². The number of aryl methyl sites for hydroxylation is 1. The van der Waals surface area contributed by atoms with Gasteiger partial charge in [-0.1, -0.05) is 0 Å². The zero-order valence-corrected chi connectivity index (χ0v) is 13.8. The summed E-state index contributed by atoms with van der Waals surface area (Å²) >= 11 is 0. The van der Waals surface area contributed by atoms with Gasteiger partial charge in [0, 0.05) is 42.7 Å². The molecule has 22 heavy (non-hydrogen) atoms. The summed E-state index contributed by atoms with van der Waals surface area (Å²) in [5, 5.41) is 3.03. The Kier molecular flexibility index (Phi) is 4.32. The lowest BCUT2D eigenvalue weighted by Gasteiger charge is -2.32. The average molecular weight is 302 g/mol. The minimum Gasteiger partial charge on any atom is -0.356 e. The second kappa shape index (κ2) is 6.23. The van der Waals surface area contributed by atoms with Gasteiger partial charge in [-0.15, -0.1) is 0 Å². The molecule has 2 fully saturated rings. The first kappa shape index (κ1) is 15.3. The van der Waals surface area contributed by atoms with Crippen LogP contribution in [0.1, 0.15) is 57.0 Å². The van der Waals surface area contributed by atoms with Gasteiger partial charge in [0.2, 0.25) is 5.91 Å². The van der Waals surface area contributed by atoms with Crippen LogP contribution in [0.15, 0.2) is 6.07 Å². The fourth-order valence-electron chi connectivity index (χ4n) is 3.03. The van der Waals surface area contributed by atoms with Crippen LogP contribution in [0.4, 0.5) is 5.82 Å². The van der Waals surface area contributed by atoms with E-state index in [1.165, 1.54) is 12.8 Å². The molecule has 2 heterocycles. The third-order valence-electron chi connectivity index (χ3n) is 4.42. The number of aromatic nitrogens is 2. The molecule has 5 nitrogen and oxygen atoms in total. The van der Waals surface area contributed by atoms with E-state index in [9.17, 15) is 4.79 Å². The van der Waals surface area contributed by atoms with E-state index in [-0.39, 0.29) is 17.9 Å². The van der Waals surface area contributed by atoms with Gasteiger partial charge in [-0.05, 0) is 46.5 Å². The van der Waals surface area contributed by atoms with E-state index in [4.69, 9.17) is 4.98 Å². The van der Waals surface area contributed by atoms with Crippen molar-refractivity contribution in [2.24, 2.45) is 5.92 Å². The highest BCUT2D eigenvalue weighted by atomic mass is 16.1. The fourth-order valence-corrected chi connectivity index (χ4v) is 3.03. The van der Waals surface area contributed by atoms with E-state index in [1.54, 1.807) is 0 Å². The van der Waals surface area contributed by atoms with Crippen LogP contribution in [0, 0.1) is 12.8 Å². The third-order valence-corrected chi connectivity index (χ3v) is 4.42. The number of carbonyl (C=O) groups is 1. The highest BCUT2D eigenvalue weighted by Crippen LogP contribution is 2.38. The highest BCUT2D eigenvalue weighted by molar-refractivity contribution is 5.79. The lowest BCUT2D eigenvalue weighted by Crippen LogP contribution is -2.42. The van der Waals surface area contributed by atoms with Gasteiger partial charge in [0.1, 0.15) is 11.6 Å². The molecule has 0 atom stereocenters. The Morgan fingerprint density at radius 2 is 1.91 bits per heavy atom. The van der Waals surface area contributed by atoms with Crippen LogP contribution in [0.3, 0.4) is 0 Å². The predicted molar refractivity (Wildman–Crippen MR) is 87.0 cm³/mol. The van der Waals surface area contributed by atoms with Gasteiger partial charge >= 0.3 is 0 Å². The van der Waals surface area contributed by atoms with Gasteiger partial charge in [0.05, 0.1) is 0 Å². The summed E-state index contributed by atoms with van der Waals surface area (Å²) in [6.07, 6.45) is 4.25. The lowest BCUT2D eigenvalue weighted by molar-refractivity contribution is -0.126. The Morgan fingerprint density at radius 1 is 1.23 bits per heavy atom. The molecule has 2 aliphatic rings. The Balaban J connectivity index is 1.62. The molecular formula is C17H26N4O. The maximum atomic E-state index is 12.1. The molecule has 1 N–H and O–H groups in total. The number of nitrogens with one attached hydrogen (secondary N) is 1.